The summed E-state index contributed by atoms with van der Waals surface area (Å²) in [6.07, 6.45) is 9.51. The SMILES string of the molecule is Cc1c(NC(=O)c2csc([C@@H]3C[C@H]3CCCC3CCOCC3)c2)cnn1C. The molecule has 1 amide bonds. The first kappa shape index (κ1) is 18.7. The highest BCUT2D eigenvalue weighted by Gasteiger charge is 2.38. The van der Waals surface area contributed by atoms with Crippen molar-refractivity contribution >= 4 is 22.9 Å². The molecule has 1 aliphatic heterocycles. The number of thiophene rings is 1. The lowest BCUT2D eigenvalue weighted by molar-refractivity contribution is 0.0630. The third-order valence-corrected chi connectivity index (χ3v) is 7.25. The smallest absolute Gasteiger partial charge is 0.256 e. The van der Waals surface area contributed by atoms with E-state index in [1.807, 2.05) is 19.4 Å². The van der Waals surface area contributed by atoms with E-state index in [4.69, 9.17) is 4.74 Å². The van der Waals surface area contributed by atoms with Crippen LogP contribution < -0.4 is 5.32 Å². The number of carbonyl (C=O) groups excluding carboxylic acids is 1. The quantitative estimate of drug-likeness (QED) is 0.746. The van der Waals surface area contributed by atoms with E-state index >= 15 is 0 Å². The van der Waals surface area contributed by atoms with Crippen molar-refractivity contribution in [2.24, 2.45) is 18.9 Å². The summed E-state index contributed by atoms with van der Waals surface area (Å²) < 4.78 is 7.21. The van der Waals surface area contributed by atoms with Crippen molar-refractivity contribution in [3.05, 3.63) is 33.8 Å². The molecule has 0 aromatic carbocycles. The van der Waals surface area contributed by atoms with Crippen LogP contribution in [0, 0.1) is 18.8 Å². The van der Waals surface area contributed by atoms with Gasteiger partial charge in [0.05, 0.1) is 23.1 Å². The van der Waals surface area contributed by atoms with Crippen molar-refractivity contribution in [1.29, 1.82) is 0 Å². The van der Waals surface area contributed by atoms with Crippen LogP contribution in [0.3, 0.4) is 0 Å². The molecule has 2 aromatic rings. The minimum atomic E-state index is -0.0367. The van der Waals surface area contributed by atoms with Gasteiger partial charge in [-0.1, -0.05) is 12.8 Å². The first-order valence-electron chi connectivity index (χ1n) is 10.1. The van der Waals surface area contributed by atoms with Gasteiger partial charge in [-0.3, -0.25) is 9.48 Å². The van der Waals surface area contributed by atoms with E-state index in [0.29, 0.717) is 5.92 Å². The Morgan fingerprint density at radius 1 is 1.37 bits per heavy atom. The molecule has 2 atom stereocenters. The number of amides is 1. The number of nitrogens with one attached hydrogen (secondary N) is 1. The van der Waals surface area contributed by atoms with Crippen LogP contribution in [-0.2, 0) is 11.8 Å². The second kappa shape index (κ2) is 8.15. The molecule has 3 heterocycles. The monoisotopic (exact) mass is 387 g/mol. The van der Waals surface area contributed by atoms with E-state index < -0.39 is 0 Å². The zero-order valence-corrected chi connectivity index (χ0v) is 17.1. The maximum Gasteiger partial charge on any atom is 0.256 e. The molecule has 4 rings (SSSR count). The number of aryl methyl sites for hydroxylation is 1. The maximum absolute atomic E-state index is 12.5. The standard InChI is InChI=1S/C21H29N3O2S/c1-14-19(12-22-24(14)2)23-21(25)17-11-20(27-13-17)18-10-16(18)5-3-4-15-6-8-26-9-7-15/h11-13,15-16,18H,3-10H2,1-2H3,(H,23,25)/t16-,18-/m1/s1. The van der Waals surface area contributed by atoms with Crippen molar-refractivity contribution in [3.63, 3.8) is 0 Å². The molecule has 6 heteroatoms. The molecule has 146 valence electrons. The number of hydrogen-bond donors (Lipinski definition) is 1. The number of aromatic nitrogens is 2. The highest BCUT2D eigenvalue weighted by atomic mass is 32.1. The Labute approximate surface area is 165 Å². The molecule has 5 nitrogen and oxygen atoms in total. The van der Waals surface area contributed by atoms with E-state index in [-0.39, 0.29) is 5.91 Å². The lowest BCUT2D eigenvalue weighted by atomic mass is 9.93. The molecule has 0 bridgehead atoms. The summed E-state index contributed by atoms with van der Waals surface area (Å²) in [5, 5.41) is 9.15. The van der Waals surface area contributed by atoms with Crippen LogP contribution in [0.1, 0.15) is 65.4 Å². The van der Waals surface area contributed by atoms with E-state index in [0.717, 1.165) is 42.0 Å². The number of rotatable bonds is 7. The minimum absolute atomic E-state index is 0.0367. The van der Waals surface area contributed by atoms with Crippen LogP contribution in [0.4, 0.5) is 5.69 Å². The van der Waals surface area contributed by atoms with E-state index in [1.54, 1.807) is 22.2 Å². The number of nitrogens with zero attached hydrogens (tertiary/aromatic N) is 2. The number of anilines is 1. The third-order valence-electron chi connectivity index (χ3n) is 6.18. The Bertz CT molecular complexity index is 791. The van der Waals surface area contributed by atoms with Crippen molar-refractivity contribution in [2.75, 3.05) is 18.5 Å². The van der Waals surface area contributed by atoms with Gasteiger partial charge in [0.2, 0.25) is 0 Å². The Morgan fingerprint density at radius 2 is 2.19 bits per heavy atom. The van der Waals surface area contributed by atoms with Crippen molar-refractivity contribution in [2.45, 2.75) is 51.4 Å². The molecule has 2 aliphatic rings. The van der Waals surface area contributed by atoms with E-state index in [1.165, 1.54) is 43.4 Å². The van der Waals surface area contributed by atoms with Gasteiger partial charge in [0.1, 0.15) is 0 Å². The number of ether oxygens (including phenoxy) is 1. The van der Waals surface area contributed by atoms with Crippen molar-refractivity contribution in [3.8, 4) is 0 Å². The summed E-state index contributed by atoms with van der Waals surface area (Å²) >= 11 is 1.74. The molecule has 1 aliphatic carbocycles. The molecule has 2 aromatic heterocycles. The topological polar surface area (TPSA) is 56.1 Å². The summed E-state index contributed by atoms with van der Waals surface area (Å²) in [6, 6.07) is 2.09. The molecule has 0 spiro atoms. The van der Waals surface area contributed by atoms with Gasteiger partial charge in [-0.25, -0.2) is 0 Å². The zero-order valence-electron chi connectivity index (χ0n) is 16.2. The van der Waals surface area contributed by atoms with Crippen LogP contribution in [0.25, 0.3) is 0 Å². The fraction of sp³-hybridized carbons (Fsp3) is 0.619. The summed E-state index contributed by atoms with van der Waals surface area (Å²) in [6.45, 7) is 3.86. The Hall–Kier alpha value is -1.66. The molecule has 1 N–H and O–H groups in total. The van der Waals surface area contributed by atoms with Crippen molar-refractivity contribution in [1.82, 2.24) is 9.78 Å². The first-order valence-corrected chi connectivity index (χ1v) is 11.0. The molecule has 0 radical (unpaired) electrons. The van der Waals surface area contributed by atoms with Gasteiger partial charge >= 0.3 is 0 Å². The zero-order chi connectivity index (χ0) is 18.8. The van der Waals surface area contributed by atoms with Crippen LogP contribution in [0.2, 0.25) is 0 Å². The largest absolute Gasteiger partial charge is 0.381 e. The predicted molar refractivity (Wildman–Crippen MR) is 108 cm³/mol. The summed E-state index contributed by atoms with van der Waals surface area (Å²) in [4.78, 5) is 13.9. The van der Waals surface area contributed by atoms with Gasteiger partial charge in [0.25, 0.3) is 5.91 Å². The molecule has 0 unspecified atom stereocenters. The maximum atomic E-state index is 12.5. The fourth-order valence-corrected chi connectivity index (χ4v) is 5.20. The Kier molecular flexibility index (Phi) is 5.64. The normalized spacial score (nSPS) is 22.7. The average Bonchev–Trinajstić information content (AvgIpc) is 3.15. The second-order valence-electron chi connectivity index (χ2n) is 8.05. The van der Waals surface area contributed by atoms with Gasteiger partial charge in [-0.2, -0.15) is 5.10 Å². The van der Waals surface area contributed by atoms with Gasteiger partial charge < -0.3 is 10.1 Å². The first-order chi connectivity index (χ1) is 13.1. The van der Waals surface area contributed by atoms with Gasteiger partial charge in [-0.05, 0) is 56.4 Å². The Morgan fingerprint density at radius 3 is 2.93 bits per heavy atom. The predicted octanol–water partition coefficient (Wildman–Crippen LogP) is 4.74. The molecule has 27 heavy (non-hydrogen) atoms. The van der Waals surface area contributed by atoms with Crippen LogP contribution in [0.5, 0.6) is 0 Å². The molecule has 2 fully saturated rings. The van der Waals surface area contributed by atoms with Crippen LogP contribution in [-0.4, -0.2) is 28.9 Å². The van der Waals surface area contributed by atoms with Crippen LogP contribution >= 0.6 is 11.3 Å². The minimum Gasteiger partial charge on any atom is -0.381 e. The molecule has 1 saturated heterocycles. The van der Waals surface area contributed by atoms with Crippen molar-refractivity contribution < 1.29 is 9.53 Å². The third kappa shape index (κ3) is 4.43. The molecule has 1 saturated carbocycles. The Balaban J connectivity index is 1.25. The second-order valence-corrected chi connectivity index (χ2v) is 8.99. The molecular formula is C21H29N3O2S. The summed E-state index contributed by atoms with van der Waals surface area (Å²) in [5.74, 6) is 2.33. The molecular weight excluding hydrogens is 358 g/mol. The summed E-state index contributed by atoms with van der Waals surface area (Å²) in [5.41, 5.74) is 2.52. The van der Waals surface area contributed by atoms with E-state index in [9.17, 15) is 4.79 Å². The highest BCUT2D eigenvalue weighted by Crippen LogP contribution is 2.52. The number of carbonyl (C=O) groups is 1. The average molecular weight is 388 g/mol. The van der Waals surface area contributed by atoms with Gasteiger partial charge in [-0.15, -0.1) is 11.3 Å². The lowest BCUT2D eigenvalue weighted by Crippen LogP contribution is -2.15. The fourth-order valence-electron chi connectivity index (χ4n) is 4.10. The van der Waals surface area contributed by atoms with E-state index in [2.05, 4.69) is 16.5 Å². The summed E-state index contributed by atoms with van der Waals surface area (Å²) in [7, 11) is 1.88. The van der Waals surface area contributed by atoms with Gasteiger partial charge in [0, 0.05) is 30.5 Å². The van der Waals surface area contributed by atoms with Crippen LogP contribution in [0.15, 0.2) is 17.6 Å². The highest BCUT2D eigenvalue weighted by molar-refractivity contribution is 7.10. The van der Waals surface area contributed by atoms with Gasteiger partial charge in [0.15, 0.2) is 0 Å². The lowest BCUT2D eigenvalue weighted by Gasteiger charge is -2.21. The number of hydrogen-bond acceptors (Lipinski definition) is 4.